The minimum atomic E-state index is -4.73. The smallest absolute Gasteiger partial charge is 0.418 e. The normalized spacial score (nSPS) is 11.7. The zero-order valence-electron chi connectivity index (χ0n) is 10.3. The highest BCUT2D eigenvalue weighted by Crippen LogP contribution is 2.33. The van der Waals surface area contributed by atoms with Gasteiger partial charge in [-0.3, -0.25) is 0 Å². The summed E-state index contributed by atoms with van der Waals surface area (Å²) in [6.45, 7) is 0.0489. The summed E-state index contributed by atoms with van der Waals surface area (Å²) in [4.78, 5) is 10.9. The first-order valence-corrected chi connectivity index (χ1v) is 6.38. The molecule has 0 aliphatic carbocycles. The molecular weight excluding hydrogens is 330 g/mol. The van der Waals surface area contributed by atoms with E-state index in [-0.39, 0.29) is 11.6 Å². The van der Waals surface area contributed by atoms with Crippen LogP contribution in [0.25, 0.3) is 0 Å². The summed E-state index contributed by atoms with van der Waals surface area (Å²) in [7, 11) is 0. The Hall–Kier alpha value is -1.66. The Morgan fingerprint density at radius 1 is 1.19 bits per heavy atom. The van der Waals surface area contributed by atoms with Gasteiger partial charge in [-0.1, -0.05) is 29.3 Å². The molecule has 0 saturated heterocycles. The zero-order chi connectivity index (χ0) is 15.8. The van der Waals surface area contributed by atoms with E-state index in [1.807, 2.05) is 0 Å². The van der Waals surface area contributed by atoms with Crippen LogP contribution in [0.1, 0.15) is 21.5 Å². The number of benzene rings is 1. The lowest BCUT2D eigenvalue weighted by atomic mass is 10.2. The number of carbonyl (C=O) groups is 1. The van der Waals surface area contributed by atoms with Crippen LogP contribution in [-0.4, -0.2) is 15.6 Å². The number of alkyl halides is 3. The van der Waals surface area contributed by atoms with Crippen molar-refractivity contribution in [3.05, 3.63) is 57.3 Å². The second-order valence-electron chi connectivity index (χ2n) is 4.31. The first-order valence-electron chi connectivity index (χ1n) is 5.62. The second-order valence-corrected chi connectivity index (χ2v) is 5.12. The molecule has 0 fully saturated rings. The molecule has 0 aliphatic rings. The van der Waals surface area contributed by atoms with Crippen LogP contribution in [0.15, 0.2) is 30.6 Å². The number of carboxylic acids is 1. The molecule has 0 aliphatic heterocycles. The first kappa shape index (κ1) is 15.7. The number of aromatic carboxylic acids is 1. The van der Waals surface area contributed by atoms with Crippen molar-refractivity contribution in [2.75, 3.05) is 0 Å². The van der Waals surface area contributed by atoms with E-state index >= 15 is 0 Å². The van der Waals surface area contributed by atoms with E-state index in [0.717, 1.165) is 17.0 Å². The maximum Gasteiger partial charge on any atom is 0.418 e. The third-order valence-corrected chi connectivity index (χ3v) is 3.50. The van der Waals surface area contributed by atoms with Crippen molar-refractivity contribution in [2.24, 2.45) is 0 Å². The van der Waals surface area contributed by atoms with Crippen molar-refractivity contribution in [2.45, 2.75) is 12.7 Å². The summed E-state index contributed by atoms with van der Waals surface area (Å²) in [5, 5.41) is 9.44. The monoisotopic (exact) mass is 337 g/mol. The fraction of sp³-hybridized carbons (Fsp3) is 0.154. The van der Waals surface area contributed by atoms with Crippen LogP contribution in [0.3, 0.4) is 0 Å². The highest BCUT2D eigenvalue weighted by Gasteiger charge is 2.36. The van der Waals surface area contributed by atoms with Crippen LogP contribution in [0.2, 0.25) is 10.0 Å². The lowest BCUT2D eigenvalue weighted by Crippen LogP contribution is -2.09. The van der Waals surface area contributed by atoms with E-state index in [2.05, 4.69) is 0 Å². The number of halogens is 5. The average Bonchev–Trinajstić information content (AvgIpc) is 2.78. The number of hydrogen-bond donors (Lipinski definition) is 1. The molecule has 0 amide bonds. The molecule has 3 nitrogen and oxygen atoms in total. The third-order valence-electron chi connectivity index (χ3n) is 2.76. The van der Waals surface area contributed by atoms with E-state index in [9.17, 15) is 18.0 Å². The summed E-state index contributed by atoms with van der Waals surface area (Å²) < 4.78 is 39.4. The van der Waals surface area contributed by atoms with Crippen LogP contribution in [0, 0.1) is 0 Å². The Morgan fingerprint density at radius 2 is 1.86 bits per heavy atom. The zero-order valence-corrected chi connectivity index (χ0v) is 11.8. The van der Waals surface area contributed by atoms with E-state index in [1.165, 1.54) is 12.1 Å². The summed E-state index contributed by atoms with van der Waals surface area (Å²) >= 11 is 11.6. The van der Waals surface area contributed by atoms with Gasteiger partial charge in [0.25, 0.3) is 0 Å². The Bertz CT molecular complexity index is 695. The number of hydrogen-bond acceptors (Lipinski definition) is 1. The fourth-order valence-corrected chi connectivity index (χ4v) is 2.17. The molecule has 8 heteroatoms. The number of nitrogens with zero attached hydrogens (tertiary/aromatic N) is 1. The van der Waals surface area contributed by atoms with Gasteiger partial charge in [-0.05, 0) is 17.7 Å². The van der Waals surface area contributed by atoms with Gasteiger partial charge < -0.3 is 9.67 Å². The molecule has 1 heterocycles. The molecular formula is C13H8Cl2F3NO2. The number of carboxylic acid groups (broad SMARTS) is 1. The predicted molar refractivity (Wildman–Crippen MR) is 72.0 cm³/mol. The van der Waals surface area contributed by atoms with Crippen molar-refractivity contribution in [1.82, 2.24) is 4.57 Å². The second kappa shape index (κ2) is 5.61. The van der Waals surface area contributed by atoms with Crippen LogP contribution < -0.4 is 0 Å². The maximum absolute atomic E-state index is 12.8. The molecule has 2 rings (SSSR count). The Morgan fingerprint density at radius 3 is 2.33 bits per heavy atom. The molecule has 0 radical (unpaired) electrons. The van der Waals surface area contributed by atoms with E-state index in [4.69, 9.17) is 28.3 Å². The summed E-state index contributed by atoms with van der Waals surface area (Å²) in [6.07, 6.45) is -3.03. The number of aromatic nitrogens is 1. The van der Waals surface area contributed by atoms with Crippen molar-refractivity contribution >= 4 is 29.2 Å². The molecule has 0 atom stereocenters. The molecule has 1 aromatic carbocycles. The van der Waals surface area contributed by atoms with Gasteiger partial charge in [-0.2, -0.15) is 13.2 Å². The molecule has 0 bridgehead atoms. The molecule has 0 unspecified atom stereocenters. The van der Waals surface area contributed by atoms with Crippen molar-refractivity contribution in [3.63, 3.8) is 0 Å². The predicted octanol–water partition coefficient (Wildman–Crippen LogP) is 4.56. The van der Waals surface area contributed by atoms with Crippen LogP contribution >= 0.6 is 23.2 Å². The average molecular weight is 338 g/mol. The van der Waals surface area contributed by atoms with Crippen molar-refractivity contribution in [1.29, 1.82) is 0 Å². The highest BCUT2D eigenvalue weighted by molar-refractivity contribution is 6.42. The van der Waals surface area contributed by atoms with Gasteiger partial charge in [-0.25, -0.2) is 4.79 Å². The van der Waals surface area contributed by atoms with Gasteiger partial charge in [0.05, 0.1) is 21.2 Å². The van der Waals surface area contributed by atoms with Crippen molar-refractivity contribution < 1.29 is 23.1 Å². The molecule has 112 valence electrons. The first-order chi connectivity index (χ1) is 9.68. The topological polar surface area (TPSA) is 42.2 Å². The van der Waals surface area contributed by atoms with Gasteiger partial charge in [-0.15, -0.1) is 0 Å². The standard InChI is InChI=1S/C13H8Cl2F3NO2/c14-10-2-1-7(3-11(10)15)4-19-5-8(12(20)21)9(6-19)13(16,17)18/h1-3,5-6H,4H2,(H,20,21). The van der Waals surface area contributed by atoms with Gasteiger partial charge in [0.2, 0.25) is 0 Å². The molecule has 21 heavy (non-hydrogen) atoms. The van der Waals surface area contributed by atoms with Gasteiger partial charge in [0, 0.05) is 18.9 Å². The van der Waals surface area contributed by atoms with E-state index in [0.29, 0.717) is 10.6 Å². The largest absolute Gasteiger partial charge is 0.478 e. The minimum Gasteiger partial charge on any atom is -0.478 e. The van der Waals surface area contributed by atoms with E-state index in [1.54, 1.807) is 6.07 Å². The molecule has 2 aromatic rings. The van der Waals surface area contributed by atoms with Crippen LogP contribution in [-0.2, 0) is 12.7 Å². The lowest BCUT2D eigenvalue weighted by molar-refractivity contribution is -0.138. The van der Waals surface area contributed by atoms with E-state index < -0.39 is 23.3 Å². The van der Waals surface area contributed by atoms with Crippen LogP contribution in [0.4, 0.5) is 13.2 Å². The summed E-state index contributed by atoms with van der Waals surface area (Å²) in [5.41, 5.74) is -1.37. The molecule has 0 spiro atoms. The summed E-state index contributed by atoms with van der Waals surface area (Å²) in [6, 6.07) is 4.63. The Kier molecular flexibility index (Phi) is 4.20. The quantitative estimate of drug-likeness (QED) is 0.891. The lowest BCUT2D eigenvalue weighted by Gasteiger charge is -2.05. The van der Waals surface area contributed by atoms with Gasteiger partial charge in [0.15, 0.2) is 0 Å². The SMILES string of the molecule is O=C(O)c1cn(Cc2ccc(Cl)c(Cl)c2)cc1C(F)(F)F. The molecule has 1 aromatic heterocycles. The summed E-state index contributed by atoms with van der Waals surface area (Å²) in [5.74, 6) is -1.63. The molecule has 1 N–H and O–H groups in total. The van der Waals surface area contributed by atoms with Crippen LogP contribution in [0.5, 0.6) is 0 Å². The fourth-order valence-electron chi connectivity index (χ4n) is 1.84. The number of rotatable bonds is 3. The Labute approximate surface area is 127 Å². The van der Waals surface area contributed by atoms with Gasteiger partial charge >= 0.3 is 12.1 Å². The van der Waals surface area contributed by atoms with Gasteiger partial charge in [0.1, 0.15) is 0 Å². The maximum atomic E-state index is 12.8. The van der Waals surface area contributed by atoms with Crippen molar-refractivity contribution in [3.8, 4) is 0 Å². The Balaban J connectivity index is 2.37. The molecule has 0 saturated carbocycles. The highest BCUT2D eigenvalue weighted by atomic mass is 35.5. The minimum absolute atomic E-state index is 0.0489. The third kappa shape index (κ3) is 3.51.